The molecule has 3 aromatic rings. The van der Waals surface area contributed by atoms with Gasteiger partial charge < -0.3 is 25.7 Å². The molecule has 0 saturated heterocycles. The van der Waals surface area contributed by atoms with Crippen LogP contribution in [0, 0.1) is 0 Å². The minimum atomic E-state index is -1.66. The molecule has 3 aromatic carbocycles. The number of carboxylic acids is 4. The molecule has 35 heavy (non-hydrogen) atoms. The summed E-state index contributed by atoms with van der Waals surface area (Å²) in [6, 6.07) is 21.8. The van der Waals surface area contributed by atoms with Gasteiger partial charge >= 0.3 is 23.9 Å². The number of carbonyl (C=O) groups is 4. The molecule has 0 saturated carbocycles. The quantitative estimate of drug-likeness (QED) is 0.368. The van der Waals surface area contributed by atoms with Crippen molar-refractivity contribution in [2.45, 2.75) is 0 Å². The summed E-state index contributed by atoms with van der Waals surface area (Å²) in [5.74, 6) is -6.64. The van der Waals surface area contributed by atoms with Crippen LogP contribution in [0.5, 0.6) is 0 Å². The normalized spacial score (nSPS) is 11.1. The number of benzene rings is 3. The fraction of sp³-hybridized carbons (Fsp3) is 0.0800. The Hall–Kier alpha value is -4.99. The molecule has 0 radical (unpaired) electrons. The van der Waals surface area contributed by atoms with Gasteiger partial charge in [-0.15, -0.1) is 0 Å². The summed E-state index contributed by atoms with van der Waals surface area (Å²) in [4.78, 5) is 47.0. The molecule has 0 aromatic heterocycles. The van der Waals surface area contributed by atoms with Gasteiger partial charge in [-0.1, -0.05) is 60.7 Å². The minimum absolute atomic E-state index is 0.511. The lowest BCUT2D eigenvalue weighted by molar-refractivity contribution is 0.0637. The van der Waals surface area contributed by atoms with E-state index in [4.69, 9.17) is 20.4 Å². The van der Waals surface area contributed by atoms with Gasteiger partial charge in [-0.25, -0.2) is 19.2 Å². The third-order valence-electron chi connectivity index (χ3n) is 4.53. The van der Waals surface area contributed by atoms with Gasteiger partial charge in [0.15, 0.2) is 0 Å². The van der Waals surface area contributed by atoms with Crippen LogP contribution in [0.1, 0.15) is 41.4 Å². The molecule has 5 N–H and O–H groups in total. The van der Waals surface area contributed by atoms with Gasteiger partial charge in [0.25, 0.3) is 0 Å². The number of hydrogen-bond acceptors (Lipinski definition) is 6. The third-order valence-corrected chi connectivity index (χ3v) is 4.53. The number of aromatic carboxylic acids is 4. The Morgan fingerprint density at radius 1 is 0.600 bits per heavy atom. The smallest absolute Gasteiger partial charge is 0.336 e. The summed E-state index contributed by atoms with van der Waals surface area (Å²) < 4.78 is 0. The number of carboxylic acid groups (broad SMARTS) is 4. The zero-order valence-electron chi connectivity index (χ0n) is 18.3. The average molecular weight is 478 g/mol. The maximum atomic E-state index is 10.8. The van der Waals surface area contributed by atoms with E-state index in [0.717, 1.165) is 13.1 Å². The lowest BCUT2D eigenvalue weighted by atomic mass is 9.98. The van der Waals surface area contributed by atoms with Crippen LogP contribution in [0.15, 0.2) is 77.8 Å². The highest BCUT2D eigenvalue weighted by molar-refractivity contribution is 6.09. The van der Waals surface area contributed by atoms with Crippen molar-refractivity contribution in [3.63, 3.8) is 0 Å². The Labute approximate surface area is 199 Å². The van der Waals surface area contributed by atoms with Crippen LogP contribution in [0.2, 0.25) is 0 Å². The van der Waals surface area contributed by atoms with Gasteiger partial charge in [-0.2, -0.15) is 0 Å². The summed E-state index contributed by atoms with van der Waals surface area (Å²) in [5, 5.41) is 37.9. The summed E-state index contributed by atoms with van der Waals surface area (Å²) in [5.41, 5.74) is -0.596. The zero-order chi connectivity index (χ0) is 25.8. The fourth-order valence-electron chi connectivity index (χ4n) is 2.89. The molecule has 0 atom stereocenters. The van der Waals surface area contributed by atoms with E-state index in [0.29, 0.717) is 12.1 Å². The van der Waals surface area contributed by atoms with Crippen LogP contribution in [0.4, 0.5) is 0 Å². The Kier molecular flexibility index (Phi) is 9.68. The number of rotatable bonds is 5. The van der Waals surface area contributed by atoms with Crippen molar-refractivity contribution in [3.8, 4) is 11.1 Å². The Balaban J connectivity index is 0.000000215. The second-order valence-electron chi connectivity index (χ2n) is 6.89. The van der Waals surface area contributed by atoms with Crippen molar-refractivity contribution in [1.82, 2.24) is 5.32 Å². The third kappa shape index (κ3) is 7.82. The molecule has 0 aliphatic carbocycles. The van der Waals surface area contributed by atoms with E-state index in [1.807, 2.05) is 12.1 Å². The first-order valence-corrected chi connectivity index (χ1v) is 10.2. The van der Waals surface area contributed by atoms with Gasteiger partial charge in [0.1, 0.15) is 0 Å². The average Bonchev–Trinajstić information content (AvgIpc) is 3.45. The van der Waals surface area contributed by atoms with Crippen LogP contribution in [0.3, 0.4) is 0 Å². The number of aliphatic imine (C=N–C) groups is 1. The van der Waals surface area contributed by atoms with E-state index in [1.165, 1.54) is 11.1 Å². The van der Waals surface area contributed by atoms with Gasteiger partial charge in [0.2, 0.25) is 0 Å². The maximum Gasteiger partial charge on any atom is 0.336 e. The predicted octanol–water partition coefficient (Wildman–Crippen LogP) is 3.45. The van der Waals surface area contributed by atoms with Crippen molar-refractivity contribution in [2.75, 3.05) is 13.1 Å². The van der Waals surface area contributed by atoms with Crippen molar-refractivity contribution in [1.29, 1.82) is 0 Å². The zero-order valence-corrected chi connectivity index (χ0v) is 18.3. The molecular formula is C25H22N2O8. The van der Waals surface area contributed by atoms with Gasteiger partial charge in [-0.05, 0) is 23.3 Å². The molecule has 10 nitrogen and oxygen atoms in total. The van der Waals surface area contributed by atoms with Crippen LogP contribution in [-0.4, -0.2) is 63.7 Å². The summed E-state index contributed by atoms with van der Waals surface area (Å²) in [6.07, 6.45) is 1.74. The highest BCUT2D eigenvalue weighted by atomic mass is 16.4. The molecule has 0 unspecified atom stereocenters. The van der Waals surface area contributed by atoms with Crippen LogP contribution >= 0.6 is 0 Å². The monoisotopic (exact) mass is 478 g/mol. The summed E-state index contributed by atoms with van der Waals surface area (Å²) in [7, 11) is 0. The van der Waals surface area contributed by atoms with E-state index in [9.17, 15) is 19.2 Å². The molecule has 1 aliphatic rings. The molecule has 4 rings (SSSR count). The Morgan fingerprint density at radius 2 is 0.943 bits per heavy atom. The molecule has 1 aliphatic heterocycles. The number of nitrogens with one attached hydrogen (secondary N) is 1. The van der Waals surface area contributed by atoms with Crippen molar-refractivity contribution in [2.24, 2.45) is 4.99 Å². The topological polar surface area (TPSA) is 174 Å². The lowest BCUT2D eigenvalue weighted by Crippen LogP contribution is -2.15. The van der Waals surface area contributed by atoms with Gasteiger partial charge in [0, 0.05) is 6.54 Å². The van der Waals surface area contributed by atoms with Crippen LogP contribution in [-0.2, 0) is 0 Å². The number of nitrogens with zero attached hydrogens (tertiary/aromatic N) is 1. The Morgan fingerprint density at radius 3 is 1.14 bits per heavy atom. The van der Waals surface area contributed by atoms with Crippen molar-refractivity contribution < 1.29 is 39.6 Å². The van der Waals surface area contributed by atoms with E-state index in [1.54, 1.807) is 6.34 Å². The predicted molar refractivity (Wildman–Crippen MR) is 128 cm³/mol. The van der Waals surface area contributed by atoms with Crippen LogP contribution < -0.4 is 5.32 Å². The first kappa shape index (κ1) is 26.3. The largest absolute Gasteiger partial charge is 0.478 e. The van der Waals surface area contributed by atoms with E-state index < -0.39 is 46.1 Å². The van der Waals surface area contributed by atoms with Crippen molar-refractivity contribution >= 4 is 30.2 Å². The minimum Gasteiger partial charge on any atom is -0.478 e. The molecule has 180 valence electrons. The fourth-order valence-corrected chi connectivity index (χ4v) is 2.89. The van der Waals surface area contributed by atoms with Gasteiger partial charge in [0.05, 0.1) is 35.1 Å². The van der Waals surface area contributed by atoms with Crippen LogP contribution in [0.25, 0.3) is 11.1 Å². The molecular weight excluding hydrogens is 456 g/mol. The first-order chi connectivity index (χ1) is 16.7. The highest BCUT2D eigenvalue weighted by Gasteiger charge is 2.24. The van der Waals surface area contributed by atoms with E-state index in [-0.39, 0.29) is 0 Å². The number of hydrogen-bond donors (Lipinski definition) is 5. The molecule has 0 amide bonds. The molecule has 0 bridgehead atoms. The second kappa shape index (κ2) is 12.9. The SMILES string of the molecule is C1=NCCN1.O=C(O)c1cc(C(=O)O)c(C(=O)O)cc1C(=O)O.c1ccc(-c2ccccc2)cc1. The molecule has 0 fully saturated rings. The standard InChI is InChI=1S/C12H10.C10H6O8.C3H6N2/c1-3-7-11(8-4-1)12-9-5-2-6-10-12;11-7(12)3-1-4(8(13)14)6(10(17)18)2-5(3)9(15)16;1-2-5-3-4-1/h1-10H;1-2H,(H,11,12)(H,13,14)(H,15,16)(H,17,18);3H,1-2H2,(H,4,5). The Bertz CT molecular complexity index is 1080. The first-order valence-electron chi connectivity index (χ1n) is 10.2. The molecule has 0 spiro atoms. The van der Waals surface area contributed by atoms with Crippen molar-refractivity contribution in [3.05, 3.63) is 95.1 Å². The summed E-state index contributed by atoms with van der Waals surface area (Å²) >= 11 is 0. The maximum absolute atomic E-state index is 10.8. The van der Waals surface area contributed by atoms with E-state index >= 15 is 0 Å². The molecule has 1 heterocycles. The van der Waals surface area contributed by atoms with Gasteiger partial charge in [-0.3, -0.25) is 4.99 Å². The second-order valence-corrected chi connectivity index (χ2v) is 6.89. The summed E-state index contributed by atoms with van der Waals surface area (Å²) in [6.45, 7) is 1.99. The lowest BCUT2D eigenvalue weighted by Gasteiger charge is -2.06. The molecule has 10 heteroatoms. The highest BCUT2D eigenvalue weighted by Crippen LogP contribution is 2.19. The van der Waals surface area contributed by atoms with E-state index in [2.05, 4.69) is 58.8 Å².